The Bertz CT molecular complexity index is 331. The number of carbonyl (C=O) groups is 1. The van der Waals surface area contributed by atoms with Gasteiger partial charge in [-0.25, -0.2) is 21.9 Å². The molecule has 0 spiro atoms. The summed E-state index contributed by atoms with van der Waals surface area (Å²) in [5.41, 5.74) is 4.71. The van der Waals surface area contributed by atoms with Crippen molar-refractivity contribution in [2.75, 3.05) is 18.8 Å². The van der Waals surface area contributed by atoms with Crippen LogP contribution >= 0.6 is 0 Å². The molecular weight excluding hydrogens is 246 g/mol. The second kappa shape index (κ2) is 6.06. The number of rotatable bonds is 8. The molecule has 9 heteroatoms. The number of alkyl halides is 2. The highest BCUT2D eigenvalue weighted by atomic mass is 32.2. The molecule has 0 heterocycles. The van der Waals surface area contributed by atoms with Crippen LogP contribution in [0.4, 0.5) is 8.78 Å². The second-order valence-corrected chi connectivity index (χ2v) is 5.12. The van der Waals surface area contributed by atoms with E-state index >= 15 is 0 Å². The molecule has 0 atom stereocenters. The molecule has 0 radical (unpaired) electrons. The lowest BCUT2D eigenvalue weighted by Crippen LogP contribution is -2.42. The molecule has 4 N–H and O–H groups in total. The smallest absolute Gasteiger partial charge is 0.303 e. The molecule has 16 heavy (non-hydrogen) atoms. The third kappa shape index (κ3) is 7.49. The van der Waals surface area contributed by atoms with Gasteiger partial charge in [0.05, 0.1) is 18.8 Å². The molecule has 0 fully saturated rings. The molecule has 0 aromatic carbocycles. The van der Waals surface area contributed by atoms with Crippen LogP contribution in [0.15, 0.2) is 0 Å². The van der Waals surface area contributed by atoms with E-state index in [1.807, 2.05) is 0 Å². The number of halogens is 2. The molecule has 0 aliphatic heterocycles. The number of nitrogens with one attached hydrogen (secondary N) is 1. The average Bonchev–Trinajstić information content (AvgIpc) is 2.14. The maximum Gasteiger partial charge on any atom is 0.303 e. The van der Waals surface area contributed by atoms with Gasteiger partial charge in [0.15, 0.2) is 0 Å². The van der Waals surface area contributed by atoms with Crippen LogP contribution in [0.2, 0.25) is 0 Å². The Morgan fingerprint density at radius 3 is 2.44 bits per heavy atom. The molecule has 0 aliphatic carbocycles. The summed E-state index contributed by atoms with van der Waals surface area (Å²) in [6.07, 6.45) is -0.451. The van der Waals surface area contributed by atoms with Crippen molar-refractivity contribution in [1.29, 1.82) is 0 Å². The van der Waals surface area contributed by atoms with Crippen molar-refractivity contribution in [3.05, 3.63) is 0 Å². The summed E-state index contributed by atoms with van der Waals surface area (Å²) in [6.45, 7) is -2.02. The minimum atomic E-state index is -3.87. The third-order valence-electron chi connectivity index (χ3n) is 1.65. The van der Waals surface area contributed by atoms with Crippen molar-refractivity contribution >= 4 is 16.0 Å². The molecule has 0 rings (SSSR count). The average molecular weight is 260 g/mol. The number of hydrogen-bond acceptors (Lipinski definition) is 4. The first-order chi connectivity index (χ1) is 7.18. The maximum atomic E-state index is 12.6. The van der Waals surface area contributed by atoms with Crippen molar-refractivity contribution in [2.24, 2.45) is 5.73 Å². The summed E-state index contributed by atoms with van der Waals surface area (Å²) in [4.78, 5) is 10.1. The van der Waals surface area contributed by atoms with Crippen LogP contribution in [-0.4, -0.2) is 44.3 Å². The van der Waals surface area contributed by atoms with Crippen LogP contribution in [0.3, 0.4) is 0 Å². The number of aliphatic carboxylic acids is 1. The van der Waals surface area contributed by atoms with Crippen LogP contribution in [0.25, 0.3) is 0 Å². The summed E-state index contributed by atoms with van der Waals surface area (Å²) >= 11 is 0. The van der Waals surface area contributed by atoms with Gasteiger partial charge in [0.2, 0.25) is 10.0 Å². The Labute approximate surface area is 91.9 Å². The largest absolute Gasteiger partial charge is 0.481 e. The fraction of sp³-hybridized carbons (Fsp3) is 0.857. The molecule has 0 bridgehead atoms. The monoisotopic (exact) mass is 260 g/mol. The Balaban J connectivity index is 4.02. The fourth-order valence-corrected chi connectivity index (χ4v) is 1.87. The summed E-state index contributed by atoms with van der Waals surface area (Å²) in [7, 11) is -3.87. The number of hydrogen-bond donors (Lipinski definition) is 3. The van der Waals surface area contributed by atoms with Crippen LogP contribution in [-0.2, 0) is 14.8 Å². The molecule has 0 amide bonds. The first kappa shape index (κ1) is 15.2. The highest BCUT2D eigenvalue weighted by Gasteiger charge is 2.28. The molecule has 0 aromatic heterocycles. The second-order valence-electron chi connectivity index (χ2n) is 3.20. The van der Waals surface area contributed by atoms with E-state index in [1.54, 1.807) is 4.72 Å². The topological polar surface area (TPSA) is 109 Å². The summed E-state index contributed by atoms with van der Waals surface area (Å²) in [6, 6.07) is 0. The van der Waals surface area contributed by atoms with E-state index in [0.29, 0.717) is 0 Å². The summed E-state index contributed by atoms with van der Waals surface area (Å²) in [5, 5.41) is 8.26. The van der Waals surface area contributed by atoms with E-state index in [2.05, 4.69) is 0 Å². The van der Waals surface area contributed by atoms with E-state index < -0.39 is 40.8 Å². The number of sulfonamides is 1. The molecule has 0 aliphatic rings. The predicted molar refractivity (Wildman–Crippen MR) is 52.7 cm³/mol. The van der Waals surface area contributed by atoms with Gasteiger partial charge in [0.1, 0.15) is 0 Å². The van der Waals surface area contributed by atoms with Crippen LogP contribution in [0.5, 0.6) is 0 Å². The molecule has 96 valence electrons. The first-order valence-electron chi connectivity index (χ1n) is 4.45. The molecule has 6 nitrogen and oxygen atoms in total. The highest BCUT2D eigenvalue weighted by molar-refractivity contribution is 7.89. The number of carboxylic acids is 1. The zero-order valence-electron chi connectivity index (χ0n) is 8.45. The SMILES string of the molecule is NCC(F)(F)CNS(=O)(=O)CCCC(=O)O. The lowest BCUT2D eigenvalue weighted by Gasteiger charge is -2.14. The van der Waals surface area contributed by atoms with Gasteiger partial charge < -0.3 is 10.8 Å². The van der Waals surface area contributed by atoms with Gasteiger partial charge in [-0.2, -0.15) is 0 Å². The third-order valence-corrected chi connectivity index (χ3v) is 3.06. The van der Waals surface area contributed by atoms with Gasteiger partial charge in [0, 0.05) is 6.42 Å². The van der Waals surface area contributed by atoms with E-state index in [4.69, 9.17) is 10.8 Å². The maximum absolute atomic E-state index is 12.6. The Hall–Kier alpha value is -0.800. The van der Waals surface area contributed by atoms with Crippen LogP contribution in [0, 0.1) is 0 Å². The van der Waals surface area contributed by atoms with Crippen molar-refractivity contribution in [2.45, 2.75) is 18.8 Å². The van der Waals surface area contributed by atoms with Crippen molar-refractivity contribution in [3.8, 4) is 0 Å². The van der Waals surface area contributed by atoms with Gasteiger partial charge in [-0.05, 0) is 6.42 Å². The Morgan fingerprint density at radius 2 is 2.00 bits per heavy atom. The summed E-state index contributed by atoms with van der Waals surface area (Å²) in [5.74, 6) is -4.93. The van der Waals surface area contributed by atoms with Gasteiger partial charge in [-0.1, -0.05) is 0 Å². The predicted octanol–water partition coefficient (Wildman–Crippen LogP) is -0.635. The molecule has 0 saturated carbocycles. The fourth-order valence-electron chi connectivity index (χ4n) is 0.773. The van der Waals surface area contributed by atoms with Gasteiger partial charge in [0.25, 0.3) is 5.92 Å². The zero-order chi connectivity index (χ0) is 12.8. The summed E-state index contributed by atoms with van der Waals surface area (Å²) < 4.78 is 49.0. The molecular formula is C7H14F2N2O4S. The van der Waals surface area contributed by atoms with Crippen molar-refractivity contribution in [3.63, 3.8) is 0 Å². The van der Waals surface area contributed by atoms with E-state index in [0.717, 1.165) is 0 Å². The van der Waals surface area contributed by atoms with Crippen LogP contribution in [0.1, 0.15) is 12.8 Å². The lowest BCUT2D eigenvalue weighted by atomic mass is 10.3. The Kier molecular flexibility index (Phi) is 5.76. The van der Waals surface area contributed by atoms with E-state index in [-0.39, 0.29) is 12.8 Å². The quantitative estimate of drug-likeness (QED) is 0.538. The molecule has 0 unspecified atom stereocenters. The van der Waals surface area contributed by atoms with E-state index in [1.165, 1.54) is 0 Å². The van der Waals surface area contributed by atoms with Gasteiger partial charge >= 0.3 is 5.97 Å². The van der Waals surface area contributed by atoms with Crippen molar-refractivity contribution in [1.82, 2.24) is 4.72 Å². The van der Waals surface area contributed by atoms with Crippen LogP contribution < -0.4 is 10.5 Å². The zero-order valence-corrected chi connectivity index (χ0v) is 9.27. The van der Waals surface area contributed by atoms with Gasteiger partial charge in [-0.15, -0.1) is 0 Å². The first-order valence-corrected chi connectivity index (χ1v) is 6.11. The minimum Gasteiger partial charge on any atom is -0.481 e. The molecule has 0 saturated heterocycles. The molecule has 0 aromatic rings. The van der Waals surface area contributed by atoms with E-state index in [9.17, 15) is 22.0 Å². The van der Waals surface area contributed by atoms with Gasteiger partial charge in [-0.3, -0.25) is 4.79 Å². The normalized spacial score (nSPS) is 12.7. The minimum absolute atomic E-state index is 0.126. The standard InChI is InChI=1S/C7H14F2N2O4S/c8-7(9,4-10)5-11-16(14,15)3-1-2-6(12)13/h11H,1-5,10H2,(H,12,13). The van der Waals surface area contributed by atoms with Crippen molar-refractivity contribution < 1.29 is 27.1 Å². The number of carboxylic acid groups (broad SMARTS) is 1. The highest BCUT2D eigenvalue weighted by Crippen LogP contribution is 2.09. The lowest BCUT2D eigenvalue weighted by molar-refractivity contribution is -0.137. The number of nitrogens with two attached hydrogens (primary N) is 1. The Morgan fingerprint density at radius 1 is 1.44 bits per heavy atom.